The van der Waals surface area contributed by atoms with Crippen LogP contribution in [0.2, 0.25) is 0 Å². The van der Waals surface area contributed by atoms with E-state index in [4.69, 9.17) is 9.47 Å². The molecule has 0 radical (unpaired) electrons. The molecule has 0 unspecified atom stereocenters. The summed E-state index contributed by atoms with van der Waals surface area (Å²) in [6, 6.07) is 6.13. The van der Waals surface area contributed by atoms with Gasteiger partial charge in [-0.2, -0.15) is 0 Å². The fourth-order valence-electron chi connectivity index (χ4n) is 1.79. The van der Waals surface area contributed by atoms with Crippen molar-refractivity contribution in [3.05, 3.63) is 30.0 Å². The third-order valence-electron chi connectivity index (χ3n) is 2.77. The molecule has 0 saturated carbocycles. The second kappa shape index (κ2) is 3.28. The van der Waals surface area contributed by atoms with E-state index in [0.29, 0.717) is 13.2 Å². The Bertz CT molecular complexity index is 485. The maximum atomic E-state index is 5.74. The van der Waals surface area contributed by atoms with Crippen LogP contribution in [-0.4, -0.2) is 24.3 Å². The van der Waals surface area contributed by atoms with Crippen LogP contribution in [0.1, 0.15) is 5.56 Å². The second-order valence-corrected chi connectivity index (χ2v) is 3.96. The quantitative estimate of drug-likeness (QED) is 0.812. The van der Waals surface area contributed by atoms with E-state index in [1.54, 1.807) is 0 Å². The average molecular weight is 203 g/mol. The van der Waals surface area contributed by atoms with Crippen LogP contribution < -0.4 is 4.74 Å². The lowest BCUT2D eigenvalue weighted by Crippen LogP contribution is -2.38. The minimum absolute atomic E-state index is 0.238. The number of benzene rings is 1. The van der Waals surface area contributed by atoms with Crippen molar-refractivity contribution in [1.82, 2.24) is 4.98 Å². The number of nitrogens with one attached hydrogen (secondary N) is 1. The molecule has 1 aliphatic heterocycles. The summed E-state index contributed by atoms with van der Waals surface area (Å²) < 4.78 is 10.8. The van der Waals surface area contributed by atoms with Crippen molar-refractivity contribution < 1.29 is 9.47 Å². The second-order valence-electron chi connectivity index (χ2n) is 3.96. The third kappa shape index (κ3) is 1.49. The van der Waals surface area contributed by atoms with Gasteiger partial charge in [-0.05, 0) is 30.7 Å². The van der Waals surface area contributed by atoms with Gasteiger partial charge in [-0.25, -0.2) is 0 Å². The Balaban J connectivity index is 1.93. The van der Waals surface area contributed by atoms with E-state index >= 15 is 0 Å². The van der Waals surface area contributed by atoms with Crippen LogP contribution in [0.15, 0.2) is 24.4 Å². The lowest BCUT2D eigenvalue weighted by Gasteiger charge is -2.26. The number of hydrogen-bond acceptors (Lipinski definition) is 2. The van der Waals surface area contributed by atoms with Crippen molar-refractivity contribution in [2.75, 3.05) is 13.2 Å². The Labute approximate surface area is 88.0 Å². The number of aromatic amines is 1. The Kier molecular flexibility index (Phi) is 1.92. The van der Waals surface area contributed by atoms with Gasteiger partial charge in [0.15, 0.2) is 0 Å². The molecule has 0 aliphatic carbocycles. The number of aromatic nitrogens is 1. The highest BCUT2D eigenvalue weighted by molar-refractivity contribution is 5.84. The summed E-state index contributed by atoms with van der Waals surface area (Å²) in [5, 5.41) is 1.23. The highest BCUT2D eigenvalue weighted by Crippen LogP contribution is 2.24. The topological polar surface area (TPSA) is 34.2 Å². The fraction of sp³-hybridized carbons (Fsp3) is 0.333. The first kappa shape index (κ1) is 8.80. The third-order valence-corrected chi connectivity index (χ3v) is 2.77. The largest absolute Gasteiger partial charge is 0.486 e. The lowest BCUT2D eigenvalue weighted by molar-refractivity contribution is -0.0796. The monoisotopic (exact) mass is 203 g/mol. The van der Waals surface area contributed by atoms with Crippen molar-refractivity contribution in [2.24, 2.45) is 0 Å². The zero-order valence-electron chi connectivity index (χ0n) is 8.62. The van der Waals surface area contributed by atoms with Crippen molar-refractivity contribution >= 4 is 10.9 Å². The molecule has 1 fully saturated rings. The highest BCUT2D eigenvalue weighted by Gasteiger charge is 2.20. The molecule has 3 heteroatoms. The Morgan fingerprint density at radius 1 is 1.40 bits per heavy atom. The van der Waals surface area contributed by atoms with E-state index in [2.05, 4.69) is 24.0 Å². The van der Waals surface area contributed by atoms with Crippen molar-refractivity contribution in [1.29, 1.82) is 0 Å². The van der Waals surface area contributed by atoms with Crippen molar-refractivity contribution in [3.8, 4) is 5.75 Å². The summed E-state index contributed by atoms with van der Waals surface area (Å²) in [6.07, 6.45) is 2.25. The zero-order valence-corrected chi connectivity index (χ0v) is 8.62. The van der Waals surface area contributed by atoms with Gasteiger partial charge in [-0.1, -0.05) is 0 Å². The van der Waals surface area contributed by atoms with E-state index < -0.39 is 0 Å². The molecule has 3 rings (SSSR count). The van der Waals surface area contributed by atoms with Crippen LogP contribution in [0.5, 0.6) is 5.75 Å². The van der Waals surface area contributed by atoms with Crippen LogP contribution in [0.3, 0.4) is 0 Å². The van der Waals surface area contributed by atoms with Crippen LogP contribution in [-0.2, 0) is 4.74 Å². The van der Waals surface area contributed by atoms with Crippen LogP contribution >= 0.6 is 0 Å². The SMILES string of the molecule is Cc1c[nH]c2ccc(OC3COC3)cc12. The van der Waals surface area contributed by atoms with E-state index in [9.17, 15) is 0 Å². The summed E-state index contributed by atoms with van der Waals surface area (Å²) in [4.78, 5) is 3.22. The molecular formula is C12H13NO2. The van der Waals surface area contributed by atoms with Crippen molar-refractivity contribution in [3.63, 3.8) is 0 Å². The van der Waals surface area contributed by atoms with Gasteiger partial charge in [0.05, 0.1) is 13.2 Å². The summed E-state index contributed by atoms with van der Waals surface area (Å²) in [5.41, 5.74) is 2.41. The molecule has 1 aromatic heterocycles. The van der Waals surface area contributed by atoms with E-state index in [-0.39, 0.29) is 6.10 Å². The number of rotatable bonds is 2. The molecule has 2 heterocycles. The van der Waals surface area contributed by atoms with Gasteiger partial charge in [-0.3, -0.25) is 0 Å². The molecule has 0 bridgehead atoms. The number of fused-ring (bicyclic) bond motifs is 1. The van der Waals surface area contributed by atoms with Crippen LogP contribution in [0, 0.1) is 6.92 Å². The maximum absolute atomic E-state index is 5.74. The summed E-state index contributed by atoms with van der Waals surface area (Å²) >= 11 is 0. The number of ether oxygens (including phenoxy) is 2. The van der Waals surface area contributed by atoms with Gasteiger partial charge in [0.1, 0.15) is 11.9 Å². The average Bonchev–Trinajstić information content (AvgIpc) is 2.55. The van der Waals surface area contributed by atoms with Crippen LogP contribution in [0.4, 0.5) is 0 Å². The molecule has 1 N–H and O–H groups in total. The van der Waals surface area contributed by atoms with E-state index in [1.807, 2.05) is 12.3 Å². The first-order valence-corrected chi connectivity index (χ1v) is 5.15. The minimum atomic E-state index is 0.238. The van der Waals surface area contributed by atoms with E-state index in [0.717, 1.165) is 11.3 Å². The van der Waals surface area contributed by atoms with Gasteiger partial charge in [0.25, 0.3) is 0 Å². The molecule has 1 aromatic carbocycles. The van der Waals surface area contributed by atoms with Gasteiger partial charge in [-0.15, -0.1) is 0 Å². The molecule has 1 aliphatic rings. The number of H-pyrrole nitrogens is 1. The number of hydrogen-bond donors (Lipinski definition) is 1. The first-order valence-electron chi connectivity index (χ1n) is 5.15. The lowest BCUT2D eigenvalue weighted by atomic mass is 10.2. The summed E-state index contributed by atoms with van der Waals surface area (Å²) in [6.45, 7) is 3.52. The minimum Gasteiger partial charge on any atom is -0.486 e. The molecule has 0 atom stereocenters. The molecular weight excluding hydrogens is 190 g/mol. The highest BCUT2D eigenvalue weighted by atomic mass is 16.6. The standard InChI is InChI=1S/C12H13NO2/c1-8-5-13-12-3-2-9(4-11(8)12)15-10-6-14-7-10/h2-5,10,13H,6-7H2,1H3. The molecule has 0 spiro atoms. The predicted octanol–water partition coefficient (Wildman–Crippen LogP) is 2.25. The molecule has 2 aromatic rings. The summed E-state index contributed by atoms with van der Waals surface area (Å²) in [7, 11) is 0. The zero-order chi connectivity index (χ0) is 10.3. The van der Waals surface area contributed by atoms with Gasteiger partial charge < -0.3 is 14.5 Å². The van der Waals surface area contributed by atoms with Gasteiger partial charge in [0, 0.05) is 17.1 Å². The normalized spacial score (nSPS) is 16.6. The smallest absolute Gasteiger partial charge is 0.145 e. The van der Waals surface area contributed by atoms with Gasteiger partial charge >= 0.3 is 0 Å². The summed E-state index contributed by atoms with van der Waals surface area (Å²) in [5.74, 6) is 0.929. The molecule has 0 amide bonds. The predicted molar refractivity (Wildman–Crippen MR) is 58.3 cm³/mol. The van der Waals surface area contributed by atoms with Gasteiger partial charge in [0.2, 0.25) is 0 Å². The number of aryl methyl sites for hydroxylation is 1. The molecule has 15 heavy (non-hydrogen) atoms. The Hall–Kier alpha value is -1.48. The molecule has 78 valence electrons. The van der Waals surface area contributed by atoms with E-state index in [1.165, 1.54) is 10.9 Å². The maximum Gasteiger partial charge on any atom is 0.145 e. The van der Waals surface area contributed by atoms with Crippen molar-refractivity contribution in [2.45, 2.75) is 13.0 Å². The molecule has 1 saturated heterocycles. The van der Waals surface area contributed by atoms with Crippen LogP contribution in [0.25, 0.3) is 10.9 Å². The molecule has 3 nitrogen and oxygen atoms in total. The Morgan fingerprint density at radius 3 is 3.00 bits per heavy atom. The Morgan fingerprint density at radius 2 is 2.27 bits per heavy atom. The fourth-order valence-corrected chi connectivity index (χ4v) is 1.79. The first-order chi connectivity index (χ1) is 7.33.